The Morgan fingerprint density at radius 2 is 2.26 bits per heavy atom. The fraction of sp³-hybridized carbons (Fsp3) is 0.238. The van der Waals surface area contributed by atoms with Crippen molar-refractivity contribution >= 4 is 17.7 Å². The third-order valence-electron chi connectivity index (χ3n) is 4.71. The summed E-state index contributed by atoms with van der Waals surface area (Å²) in [6.07, 6.45) is 11.2. The molecule has 1 saturated heterocycles. The number of hydrogen-bond acceptors (Lipinski definition) is 4. The number of benzene rings is 1. The van der Waals surface area contributed by atoms with E-state index in [-0.39, 0.29) is 11.9 Å². The van der Waals surface area contributed by atoms with Crippen LogP contribution in [-0.2, 0) is 4.79 Å². The molecule has 6 nitrogen and oxygen atoms in total. The zero-order valence-corrected chi connectivity index (χ0v) is 15.0. The maximum Gasteiger partial charge on any atom is 0.241 e. The maximum atomic E-state index is 12.8. The second-order valence-electron chi connectivity index (χ2n) is 6.56. The van der Waals surface area contributed by atoms with E-state index >= 15 is 0 Å². The van der Waals surface area contributed by atoms with E-state index in [9.17, 15) is 4.79 Å². The molecule has 1 N–H and O–H groups in total. The quantitative estimate of drug-likeness (QED) is 0.728. The molecule has 27 heavy (non-hydrogen) atoms. The van der Waals surface area contributed by atoms with Gasteiger partial charge in [-0.1, -0.05) is 12.1 Å². The van der Waals surface area contributed by atoms with Crippen molar-refractivity contribution in [2.24, 2.45) is 0 Å². The van der Waals surface area contributed by atoms with Crippen LogP contribution in [0.1, 0.15) is 18.6 Å². The number of amides is 1. The number of carbonyl (C=O) groups excluding carboxylic acids is 1. The van der Waals surface area contributed by atoms with Crippen LogP contribution in [0.3, 0.4) is 0 Å². The van der Waals surface area contributed by atoms with Crippen molar-refractivity contribution in [1.82, 2.24) is 14.7 Å². The van der Waals surface area contributed by atoms with Gasteiger partial charge in [0.05, 0.1) is 18.0 Å². The molecule has 0 aliphatic carbocycles. The van der Waals surface area contributed by atoms with Gasteiger partial charge in [0.25, 0.3) is 0 Å². The highest BCUT2D eigenvalue weighted by Gasteiger charge is 2.29. The molecule has 1 amide bonds. The molecule has 0 saturated carbocycles. The molecule has 1 aliphatic heterocycles. The van der Waals surface area contributed by atoms with Crippen molar-refractivity contribution in [2.75, 3.05) is 18.4 Å². The van der Waals surface area contributed by atoms with Crippen molar-refractivity contribution in [2.45, 2.75) is 18.9 Å². The Balaban J connectivity index is 1.39. The Labute approximate surface area is 158 Å². The van der Waals surface area contributed by atoms with Gasteiger partial charge in [-0.2, -0.15) is 5.10 Å². The maximum absolute atomic E-state index is 12.8. The van der Waals surface area contributed by atoms with Crippen molar-refractivity contribution in [3.05, 3.63) is 73.0 Å². The fourth-order valence-corrected chi connectivity index (χ4v) is 3.41. The molecule has 0 spiro atoms. The van der Waals surface area contributed by atoms with Gasteiger partial charge in [0.2, 0.25) is 5.91 Å². The predicted octanol–water partition coefficient (Wildman–Crippen LogP) is 3.58. The summed E-state index contributed by atoms with van der Waals surface area (Å²) in [7, 11) is 0. The van der Waals surface area contributed by atoms with Gasteiger partial charge >= 0.3 is 0 Å². The molecular weight excluding hydrogens is 340 g/mol. The van der Waals surface area contributed by atoms with Crippen LogP contribution in [0.25, 0.3) is 11.8 Å². The van der Waals surface area contributed by atoms with Gasteiger partial charge in [-0.15, -0.1) is 0 Å². The summed E-state index contributed by atoms with van der Waals surface area (Å²) in [6.45, 7) is 1.65. The van der Waals surface area contributed by atoms with Gasteiger partial charge in [0.15, 0.2) is 0 Å². The van der Waals surface area contributed by atoms with Crippen LogP contribution in [0.2, 0.25) is 0 Å². The number of rotatable bonds is 6. The zero-order valence-electron chi connectivity index (χ0n) is 15.0. The molecule has 0 radical (unpaired) electrons. The Kier molecular flexibility index (Phi) is 5.16. The Morgan fingerprint density at radius 3 is 3.07 bits per heavy atom. The second kappa shape index (κ2) is 8.05. The molecule has 1 unspecified atom stereocenters. The largest absolute Gasteiger partial charge is 0.465 e. The Hall–Kier alpha value is -3.12. The lowest BCUT2D eigenvalue weighted by Gasteiger charge is -2.22. The van der Waals surface area contributed by atoms with Crippen molar-refractivity contribution < 1.29 is 9.21 Å². The number of nitrogens with zero attached hydrogens (tertiary/aromatic N) is 3. The first-order valence-corrected chi connectivity index (χ1v) is 9.15. The third-order valence-corrected chi connectivity index (χ3v) is 4.71. The number of carbonyl (C=O) groups is 1. The second-order valence-corrected chi connectivity index (χ2v) is 6.56. The summed E-state index contributed by atoms with van der Waals surface area (Å²) in [6, 6.07) is 13.3. The van der Waals surface area contributed by atoms with Gasteiger partial charge in [-0.3, -0.25) is 9.69 Å². The van der Waals surface area contributed by atoms with E-state index in [1.165, 1.54) is 0 Å². The van der Waals surface area contributed by atoms with E-state index in [1.54, 1.807) is 17.1 Å². The molecule has 2 aromatic heterocycles. The summed E-state index contributed by atoms with van der Waals surface area (Å²) in [5.41, 5.74) is 1.70. The molecule has 1 aromatic carbocycles. The Morgan fingerprint density at radius 1 is 1.30 bits per heavy atom. The van der Waals surface area contributed by atoms with E-state index in [0.717, 1.165) is 43.1 Å². The zero-order chi connectivity index (χ0) is 18.5. The number of anilines is 1. The minimum atomic E-state index is -0.111. The van der Waals surface area contributed by atoms with E-state index in [1.807, 2.05) is 60.8 Å². The Bertz CT molecular complexity index is 900. The van der Waals surface area contributed by atoms with E-state index in [4.69, 9.17) is 4.42 Å². The number of aromatic nitrogens is 2. The first kappa shape index (κ1) is 17.3. The average Bonchev–Trinajstić information content (AvgIpc) is 3.44. The predicted molar refractivity (Wildman–Crippen MR) is 105 cm³/mol. The van der Waals surface area contributed by atoms with Crippen LogP contribution < -0.4 is 5.32 Å². The highest BCUT2D eigenvalue weighted by Crippen LogP contribution is 2.20. The molecule has 1 fully saturated rings. The van der Waals surface area contributed by atoms with Crippen molar-refractivity contribution in [3.63, 3.8) is 0 Å². The minimum Gasteiger partial charge on any atom is -0.465 e. The molecular formula is C21H22N4O2. The van der Waals surface area contributed by atoms with Crippen LogP contribution >= 0.6 is 0 Å². The summed E-state index contributed by atoms with van der Waals surface area (Å²) in [5, 5.41) is 7.29. The normalized spacial score (nSPS) is 17.6. The fourth-order valence-electron chi connectivity index (χ4n) is 3.41. The summed E-state index contributed by atoms with van der Waals surface area (Å²) in [4.78, 5) is 15.0. The van der Waals surface area contributed by atoms with Crippen LogP contribution in [0.5, 0.6) is 0 Å². The first-order chi connectivity index (χ1) is 13.3. The number of nitrogens with one attached hydrogen (secondary N) is 1. The number of furan rings is 1. The molecule has 1 aliphatic rings. The summed E-state index contributed by atoms with van der Waals surface area (Å²) < 4.78 is 7.08. The van der Waals surface area contributed by atoms with Crippen LogP contribution in [0.4, 0.5) is 5.69 Å². The third kappa shape index (κ3) is 4.17. The average molecular weight is 362 g/mol. The number of likely N-dealkylation sites (tertiary alicyclic amines) is 1. The van der Waals surface area contributed by atoms with Gasteiger partial charge in [0, 0.05) is 24.6 Å². The van der Waals surface area contributed by atoms with Crippen LogP contribution in [0.15, 0.2) is 71.6 Å². The number of hydrogen-bond donors (Lipinski definition) is 1. The van der Waals surface area contributed by atoms with Crippen LogP contribution in [0, 0.1) is 0 Å². The smallest absolute Gasteiger partial charge is 0.241 e. The standard InChI is InChI=1S/C21H22N4O2/c26-21(23-17-6-1-7-18(16-17)25-14-5-11-22-25)20-10-3-13-24(20)12-2-8-19-9-4-15-27-19/h1-2,4-9,11,14-16,20H,3,10,12-13H2,(H,23,26)/b8-2+. The van der Waals surface area contributed by atoms with Gasteiger partial charge < -0.3 is 9.73 Å². The van der Waals surface area contributed by atoms with Gasteiger partial charge in [0.1, 0.15) is 5.76 Å². The van der Waals surface area contributed by atoms with E-state index < -0.39 is 0 Å². The first-order valence-electron chi connectivity index (χ1n) is 9.15. The summed E-state index contributed by atoms with van der Waals surface area (Å²) in [5.74, 6) is 0.863. The lowest BCUT2D eigenvalue weighted by atomic mass is 10.2. The molecule has 6 heteroatoms. The SMILES string of the molecule is O=C(Nc1cccc(-n2cccn2)c1)C1CCCN1C/C=C/c1ccco1. The molecule has 3 heterocycles. The van der Waals surface area contributed by atoms with E-state index in [2.05, 4.69) is 15.3 Å². The lowest BCUT2D eigenvalue weighted by molar-refractivity contribution is -0.120. The van der Waals surface area contributed by atoms with Crippen molar-refractivity contribution in [3.8, 4) is 5.69 Å². The van der Waals surface area contributed by atoms with Crippen molar-refractivity contribution in [1.29, 1.82) is 0 Å². The lowest BCUT2D eigenvalue weighted by Crippen LogP contribution is -2.39. The van der Waals surface area contributed by atoms with Gasteiger partial charge in [-0.05, 0) is 61.9 Å². The summed E-state index contributed by atoms with van der Waals surface area (Å²) >= 11 is 0. The van der Waals surface area contributed by atoms with E-state index in [0.29, 0.717) is 0 Å². The molecule has 0 bridgehead atoms. The van der Waals surface area contributed by atoms with Crippen LogP contribution in [-0.4, -0.2) is 39.7 Å². The molecule has 1 atom stereocenters. The minimum absolute atomic E-state index is 0.0384. The van der Waals surface area contributed by atoms with Gasteiger partial charge in [-0.25, -0.2) is 4.68 Å². The highest BCUT2D eigenvalue weighted by molar-refractivity contribution is 5.95. The topological polar surface area (TPSA) is 63.3 Å². The highest BCUT2D eigenvalue weighted by atomic mass is 16.3. The monoisotopic (exact) mass is 362 g/mol. The molecule has 3 aromatic rings. The molecule has 4 rings (SSSR count). The molecule has 138 valence electrons.